The van der Waals surface area contributed by atoms with Gasteiger partial charge in [-0.25, -0.2) is 0 Å². The minimum Gasteiger partial charge on any atom is -0.472 e. The zero-order chi connectivity index (χ0) is 24.7. The Bertz CT molecular complexity index is 848. The summed E-state index contributed by atoms with van der Waals surface area (Å²) in [7, 11) is 0. The van der Waals surface area contributed by atoms with E-state index in [9.17, 15) is 5.11 Å². The van der Waals surface area contributed by atoms with Crippen LogP contribution in [0.3, 0.4) is 0 Å². The molecule has 0 aromatic carbocycles. The Balaban J connectivity index is 1.40. The minimum atomic E-state index is -0.724. The Morgan fingerprint density at radius 2 is 1.77 bits per heavy atom. The van der Waals surface area contributed by atoms with Crippen LogP contribution in [0, 0.1) is 28.6 Å². The Morgan fingerprint density at radius 1 is 0.971 bits per heavy atom. The highest BCUT2D eigenvalue weighted by atomic mass is 16.5. The van der Waals surface area contributed by atoms with Crippen molar-refractivity contribution in [2.75, 3.05) is 26.3 Å². The van der Waals surface area contributed by atoms with Gasteiger partial charge in [-0.05, 0) is 113 Å². The van der Waals surface area contributed by atoms with E-state index < -0.39 is 11.2 Å². The van der Waals surface area contributed by atoms with Gasteiger partial charge < -0.3 is 30.5 Å². The number of hydrogen-bond acceptors (Lipinski definition) is 6. The predicted octanol–water partition coefficient (Wildman–Crippen LogP) is 4.73. The van der Waals surface area contributed by atoms with E-state index in [4.69, 9.17) is 25.4 Å². The van der Waals surface area contributed by atoms with Gasteiger partial charge in [-0.2, -0.15) is 0 Å². The second-order valence-electron chi connectivity index (χ2n) is 12.5. The van der Waals surface area contributed by atoms with Crippen LogP contribution in [-0.2, 0) is 15.1 Å². The molecule has 0 saturated heterocycles. The molecule has 4 aliphatic carbocycles. The molecule has 0 amide bonds. The second-order valence-corrected chi connectivity index (χ2v) is 12.5. The molecule has 1 heterocycles. The number of fused-ring (bicyclic) bond motifs is 5. The van der Waals surface area contributed by atoms with Gasteiger partial charge in [-0.15, -0.1) is 0 Å². The van der Waals surface area contributed by atoms with E-state index in [1.54, 1.807) is 6.26 Å². The van der Waals surface area contributed by atoms with E-state index in [0.29, 0.717) is 43.6 Å². The maximum absolute atomic E-state index is 12.7. The third-order valence-corrected chi connectivity index (χ3v) is 11.3. The average Bonchev–Trinajstić information content (AvgIpc) is 3.46. The zero-order valence-corrected chi connectivity index (χ0v) is 22.0. The summed E-state index contributed by atoms with van der Waals surface area (Å²) < 4.78 is 18.5. The summed E-state index contributed by atoms with van der Waals surface area (Å²) in [5, 5.41) is 12.7. The Kier molecular flexibility index (Phi) is 7.17. The minimum absolute atomic E-state index is 0.287. The SMILES string of the molecule is C[C@]12CCC(OCCCN)CC1CC[C@@H]1[C@H]2CC[C@]2(C)C(OCCCN)(c3ccoc3)CC[C@@]12O. The summed E-state index contributed by atoms with van der Waals surface area (Å²) in [5.41, 5.74) is 11.3. The van der Waals surface area contributed by atoms with Crippen molar-refractivity contribution in [3.05, 3.63) is 24.2 Å². The molecular weight excluding hydrogens is 440 g/mol. The number of nitrogens with two attached hydrogens (primary N) is 2. The molecule has 4 fully saturated rings. The summed E-state index contributed by atoms with van der Waals surface area (Å²) >= 11 is 0. The summed E-state index contributed by atoms with van der Waals surface area (Å²) in [5.74, 6) is 1.58. The highest BCUT2D eigenvalue weighted by molar-refractivity contribution is 5.31. The van der Waals surface area contributed by atoms with E-state index in [0.717, 1.165) is 63.5 Å². The standard InChI is InChI=1S/C29H48N2O4/c1-26-10-7-23(34-16-3-14-30)19-21(26)5-6-25-24(26)8-11-27(2)28(25,32)12-13-29(27,35-17-4-15-31)22-9-18-33-20-22/h9,18,20-21,23-25,32H,3-8,10-17,19,30-31H2,1-2H3/t21?,23?,24-,25-,26+,27+,28-,29?/m1/s1. The normalized spacial score (nSPS) is 45.1. The van der Waals surface area contributed by atoms with Gasteiger partial charge >= 0.3 is 0 Å². The molecular formula is C29H48N2O4. The number of ether oxygens (including phenoxy) is 2. The van der Waals surface area contributed by atoms with Crippen LogP contribution in [0.25, 0.3) is 0 Å². The van der Waals surface area contributed by atoms with Crippen molar-refractivity contribution >= 4 is 0 Å². The van der Waals surface area contributed by atoms with Crippen molar-refractivity contribution in [3.63, 3.8) is 0 Å². The Labute approximate surface area is 211 Å². The summed E-state index contributed by atoms with van der Waals surface area (Å²) in [6.07, 6.45) is 15.3. The monoisotopic (exact) mass is 488 g/mol. The van der Waals surface area contributed by atoms with Crippen LogP contribution in [0.1, 0.15) is 90.0 Å². The van der Waals surface area contributed by atoms with E-state index in [1.807, 2.05) is 6.26 Å². The molecule has 198 valence electrons. The lowest BCUT2D eigenvalue weighted by atomic mass is 9.43. The molecule has 6 heteroatoms. The molecule has 0 bridgehead atoms. The van der Waals surface area contributed by atoms with Gasteiger partial charge in [0, 0.05) is 24.2 Å². The zero-order valence-electron chi connectivity index (χ0n) is 22.0. The largest absolute Gasteiger partial charge is 0.472 e. The molecule has 6 nitrogen and oxygen atoms in total. The van der Waals surface area contributed by atoms with E-state index in [2.05, 4.69) is 19.9 Å². The maximum atomic E-state index is 12.7. The molecule has 0 spiro atoms. The van der Waals surface area contributed by atoms with Gasteiger partial charge in [0.15, 0.2) is 0 Å². The van der Waals surface area contributed by atoms with Crippen LogP contribution in [0.4, 0.5) is 0 Å². The van der Waals surface area contributed by atoms with Crippen molar-refractivity contribution in [1.82, 2.24) is 0 Å². The number of aliphatic hydroxyl groups is 1. The van der Waals surface area contributed by atoms with Crippen molar-refractivity contribution in [3.8, 4) is 0 Å². The van der Waals surface area contributed by atoms with Crippen molar-refractivity contribution in [2.24, 2.45) is 40.1 Å². The topological polar surface area (TPSA) is 104 Å². The molecule has 3 unspecified atom stereocenters. The highest BCUT2D eigenvalue weighted by Gasteiger charge is 2.73. The second kappa shape index (κ2) is 9.75. The van der Waals surface area contributed by atoms with Crippen LogP contribution in [0.2, 0.25) is 0 Å². The van der Waals surface area contributed by atoms with E-state index in [1.165, 1.54) is 19.3 Å². The molecule has 5 N–H and O–H groups in total. The van der Waals surface area contributed by atoms with Crippen molar-refractivity contribution in [1.29, 1.82) is 0 Å². The number of furan rings is 1. The van der Waals surface area contributed by atoms with Crippen LogP contribution in [-0.4, -0.2) is 43.1 Å². The van der Waals surface area contributed by atoms with Gasteiger partial charge in [-0.3, -0.25) is 0 Å². The van der Waals surface area contributed by atoms with Crippen LogP contribution in [0.5, 0.6) is 0 Å². The van der Waals surface area contributed by atoms with E-state index >= 15 is 0 Å². The van der Waals surface area contributed by atoms with Crippen LogP contribution in [0.15, 0.2) is 23.0 Å². The lowest BCUT2D eigenvalue weighted by molar-refractivity contribution is -0.249. The molecule has 1 aromatic heterocycles. The molecule has 8 atom stereocenters. The first-order chi connectivity index (χ1) is 16.8. The number of hydrogen-bond donors (Lipinski definition) is 3. The fourth-order valence-corrected chi connectivity index (χ4v) is 9.27. The Morgan fingerprint density at radius 3 is 2.51 bits per heavy atom. The molecule has 4 aliphatic rings. The first kappa shape index (κ1) is 25.7. The highest BCUT2D eigenvalue weighted by Crippen LogP contribution is 2.72. The molecule has 35 heavy (non-hydrogen) atoms. The third kappa shape index (κ3) is 3.85. The molecule has 0 radical (unpaired) electrons. The quantitative estimate of drug-likeness (QED) is 0.434. The number of rotatable bonds is 9. The van der Waals surface area contributed by atoms with E-state index in [-0.39, 0.29) is 10.8 Å². The predicted molar refractivity (Wildman–Crippen MR) is 137 cm³/mol. The molecule has 5 rings (SSSR count). The molecule has 0 aliphatic heterocycles. The fraction of sp³-hybridized carbons (Fsp3) is 0.862. The Hall–Kier alpha value is -0.920. The summed E-state index contributed by atoms with van der Waals surface area (Å²) in [4.78, 5) is 0. The van der Waals surface area contributed by atoms with Crippen molar-refractivity contribution in [2.45, 2.75) is 102 Å². The maximum Gasteiger partial charge on any atom is 0.104 e. The van der Waals surface area contributed by atoms with Gasteiger partial charge in [0.2, 0.25) is 0 Å². The smallest absolute Gasteiger partial charge is 0.104 e. The van der Waals surface area contributed by atoms with Gasteiger partial charge in [0.1, 0.15) is 5.60 Å². The third-order valence-electron chi connectivity index (χ3n) is 11.3. The lowest BCUT2D eigenvalue weighted by Crippen LogP contribution is -2.65. The van der Waals surface area contributed by atoms with Crippen LogP contribution >= 0.6 is 0 Å². The summed E-state index contributed by atoms with van der Waals surface area (Å²) in [6, 6.07) is 2.05. The van der Waals surface area contributed by atoms with Gasteiger partial charge in [0.05, 0.1) is 24.2 Å². The average molecular weight is 489 g/mol. The van der Waals surface area contributed by atoms with Crippen LogP contribution < -0.4 is 11.5 Å². The molecule has 4 saturated carbocycles. The lowest BCUT2D eigenvalue weighted by Gasteiger charge is -2.64. The van der Waals surface area contributed by atoms with Gasteiger partial charge in [-0.1, -0.05) is 13.8 Å². The first-order valence-electron chi connectivity index (χ1n) is 14.3. The van der Waals surface area contributed by atoms with Gasteiger partial charge in [0.25, 0.3) is 0 Å². The fourth-order valence-electron chi connectivity index (χ4n) is 9.27. The van der Waals surface area contributed by atoms with Crippen molar-refractivity contribution < 1.29 is 19.0 Å². The summed E-state index contributed by atoms with van der Waals surface area (Å²) in [6.45, 7) is 7.56. The first-order valence-corrected chi connectivity index (χ1v) is 14.3. The molecule has 1 aromatic rings.